The molecule has 106 valence electrons. The maximum Gasteiger partial charge on any atom is 0.239 e. The Kier molecular flexibility index (Phi) is 4.94. The second kappa shape index (κ2) is 6.24. The van der Waals surface area contributed by atoms with Crippen LogP contribution in [-0.4, -0.2) is 37.4 Å². The van der Waals surface area contributed by atoms with Gasteiger partial charge in [-0.3, -0.25) is 10.1 Å². The molecule has 0 aliphatic rings. The molecule has 2 unspecified atom stereocenters. The zero-order valence-corrected chi connectivity index (χ0v) is 11.2. The van der Waals surface area contributed by atoms with Crippen LogP contribution in [0.25, 0.3) is 0 Å². The first-order valence-electron chi connectivity index (χ1n) is 5.57. The molecule has 1 N–H and O–H groups in total. The lowest BCUT2D eigenvalue weighted by molar-refractivity contribution is -0.531. The molecule has 0 amide bonds. The first-order valence-corrected chi connectivity index (χ1v) is 5.57. The van der Waals surface area contributed by atoms with Gasteiger partial charge < -0.3 is 19.3 Å². The lowest BCUT2D eigenvalue weighted by atomic mass is 10.0. The van der Waals surface area contributed by atoms with Crippen molar-refractivity contribution in [2.24, 2.45) is 0 Å². The van der Waals surface area contributed by atoms with E-state index in [9.17, 15) is 15.2 Å². The highest BCUT2D eigenvalue weighted by Gasteiger charge is 2.28. The van der Waals surface area contributed by atoms with Gasteiger partial charge >= 0.3 is 0 Å². The second-order valence-corrected chi connectivity index (χ2v) is 3.93. The summed E-state index contributed by atoms with van der Waals surface area (Å²) in [5.41, 5.74) is 0.332. The van der Waals surface area contributed by atoms with Crippen LogP contribution in [0.3, 0.4) is 0 Å². The summed E-state index contributed by atoms with van der Waals surface area (Å²) in [5.74, 6) is 1.05. The number of hydrogen-bond acceptors (Lipinski definition) is 6. The van der Waals surface area contributed by atoms with Crippen LogP contribution in [0.4, 0.5) is 0 Å². The highest BCUT2D eigenvalue weighted by Crippen LogP contribution is 2.40. The van der Waals surface area contributed by atoms with Gasteiger partial charge in [-0.25, -0.2) is 0 Å². The minimum absolute atomic E-state index is 0.332. The summed E-state index contributed by atoms with van der Waals surface area (Å²) in [6, 6.07) is 1.85. The molecule has 7 nitrogen and oxygen atoms in total. The molecule has 0 saturated heterocycles. The van der Waals surface area contributed by atoms with Crippen LogP contribution in [-0.2, 0) is 0 Å². The van der Waals surface area contributed by atoms with Gasteiger partial charge in [0.15, 0.2) is 11.5 Å². The fourth-order valence-electron chi connectivity index (χ4n) is 1.67. The van der Waals surface area contributed by atoms with Crippen molar-refractivity contribution in [1.82, 2.24) is 0 Å². The van der Waals surface area contributed by atoms with E-state index in [-0.39, 0.29) is 0 Å². The van der Waals surface area contributed by atoms with Crippen LogP contribution in [0.1, 0.15) is 18.6 Å². The van der Waals surface area contributed by atoms with Crippen molar-refractivity contribution in [2.45, 2.75) is 19.1 Å². The van der Waals surface area contributed by atoms with E-state index in [0.29, 0.717) is 22.8 Å². The number of methoxy groups -OCH3 is 3. The van der Waals surface area contributed by atoms with E-state index in [1.54, 1.807) is 0 Å². The third-order valence-electron chi connectivity index (χ3n) is 2.82. The number of benzene rings is 1. The molecule has 19 heavy (non-hydrogen) atoms. The van der Waals surface area contributed by atoms with Gasteiger partial charge in [0, 0.05) is 11.8 Å². The molecule has 7 heteroatoms. The fourth-order valence-corrected chi connectivity index (χ4v) is 1.67. The van der Waals surface area contributed by atoms with Gasteiger partial charge in [-0.05, 0) is 17.7 Å². The Morgan fingerprint density at radius 3 is 1.95 bits per heavy atom. The summed E-state index contributed by atoms with van der Waals surface area (Å²) in [7, 11) is 4.32. The van der Waals surface area contributed by atoms with Crippen LogP contribution >= 0.6 is 0 Å². The zero-order chi connectivity index (χ0) is 14.6. The number of rotatable bonds is 6. The van der Waals surface area contributed by atoms with Crippen molar-refractivity contribution in [1.29, 1.82) is 0 Å². The zero-order valence-electron chi connectivity index (χ0n) is 11.2. The van der Waals surface area contributed by atoms with Gasteiger partial charge in [0.2, 0.25) is 11.8 Å². The van der Waals surface area contributed by atoms with E-state index < -0.39 is 17.1 Å². The molecule has 1 aromatic rings. The third kappa shape index (κ3) is 3.05. The molecule has 0 radical (unpaired) electrons. The lowest BCUT2D eigenvalue weighted by Crippen LogP contribution is -2.24. The van der Waals surface area contributed by atoms with Crippen molar-refractivity contribution in [3.05, 3.63) is 27.8 Å². The molecule has 0 spiro atoms. The molecule has 0 bridgehead atoms. The number of hydrogen-bond donors (Lipinski definition) is 1. The molecule has 0 aliphatic heterocycles. The first kappa shape index (κ1) is 15.0. The second-order valence-electron chi connectivity index (χ2n) is 3.93. The van der Waals surface area contributed by atoms with Gasteiger partial charge in [0.1, 0.15) is 6.10 Å². The standard InChI is InChI=1S/C12H17NO6/c1-7(13(15)16)11(14)8-5-9(17-2)12(19-4)10(6-8)18-3/h5-7,11,14H,1-4H3. The van der Waals surface area contributed by atoms with E-state index in [1.807, 2.05) is 0 Å². The van der Waals surface area contributed by atoms with Crippen molar-refractivity contribution >= 4 is 0 Å². The molecule has 0 saturated carbocycles. The molecule has 0 heterocycles. The molecule has 1 rings (SSSR count). The van der Waals surface area contributed by atoms with Gasteiger partial charge in [-0.1, -0.05) is 0 Å². The van der Waals surface area contributed by atoms with Gasteiger partial charge in [0.05, 0.1) is 21.3 Å². The van der Waals surface area contributed by atoms with Crippen molar-refractivity contribution in [3.63, 3.8) is 0 Å². The Morgan fingerprint density at radius 1 is 1.16 bits per heavy atom. The maximum absolute atomic E-state index is 10.7. The molecular weight excluding hydrogens is 254 g/mol. The number of aliphatic hydroxyl groups excluding tert-OH is 1. The Hall–Kier alpha value is -2.02. The molecule has 1 aromatic carbocycles. The third-order valence-corrected chi connectivity index (χ3v) is 2.82. The highest BCUT2D eigenvalue weighted by atomic mass is 16.6. The van der Waals surface area contributed by atoms with Gasteiger partial charge in [-0.15, -0.1) is 0 Å². The predicted octanol–water partition coefficient (Wildman–Crippen LogP) is 1.41. The van der Waals surface area contributed by atoms with Crippen LogP contribution < -0.4 is 14.2 Å². The minimum atomic E-state index is -1.26. The highest BCUT2D eigenvalue weighted by molar-refractivity contribution is 5.54. The van der Waals surface area contributed by atoms with Gasteiger partial charge in [0.25, 0.3) is 0 Å². The van der Waals surface area contributed by atoms with E-state index >= 15 is 0 Å². The van der Waals surface area contributed by atoms with Crippen molar-refractivity contribution < 1.29 is 24.2 Å². The molecule has 0 fully saturated rings. The summed E-state index contributed by atoms with van der Waals surface area (Å²) < 4.78 is 15.4. The Balaban J connectivity index is 3.26. The van der Waals surface area contributed by atoms with Crippen LogP contribution in [0.5, 0.6) is 17.2 Å². The minimum Gasteiger partial charge on any atom is -0.493 e. The largest absolute Gasteiger partial charge is 0.493 e. The molecular formula is C12H17NO6. The van der Waals surface area contributed by atoms with Crippen molar-refractivity contribution in [2.75, 3.05) is 21.3 Å². The smallest absolute Gasteiger partial charge is 0.239 e. The monoisotopic (exact) mass is 271 g/mol. The summed E-state index contributed by atoms with van der Waals surface area (Å²) in [5, 5.41) is 20.7. The SMILES string of the molecule is COc1cc(C(O)C(C)[N+](=O)[O-])cc(OC)c1OC. The van der Waals surface area contributed by atoms with Crippen LogP contribution in [0.15, 0.2) is 12.1 Å². The molecule has 2 atom stereocenters. The van der Waals surface area contributed by atoms with E-state index in [1.165, 1.54) is 40.4 Å². The quantitative estimate of drug-likeness (QED) is 0.621. The molecule has 0 aromatic heterocycles. The van der Waals surface area contributed by atoms with Crippen LogP contribution in [0.2, 0.25) is 0 Å². The van der Waals surface area contributed by atoms with Gasteiger partial charge in [-0.2, -0.15) is 0 Å². The lowest BCUT2D eigenvalue weighted by Gasteiger charge is -2.17. The average Bonchev–Trinajstić information content (AvgIpc) is 2.43. The summed E-state index contributed by atoms with van der Waals surface area (Å²) in [6.07, 6.45) is -1.26. The van der Waals surface area contributed by atoms with Crippen molar-refractivity contribution in [3.8, 4) is 17.2 Å². The average molecular weight is 271 g/mol. The number of nitro groups is 1. The summed E-state index contributed by atoms with van der Waals surface area (Å²) in [6.45, 7) is 1.33. The first-order chi connectivity index (χ1) is 8.96. The van der Waals surface area contributed by atoms with E-state index in [0.717, 1.165) is 0 Å². The number of ether oxygens (including phenoxy) is 3. The Labute approximate surface area is 110 Å². The summed E-state index contributed by atoms with van der Waals surface area (Å²) in [4.78, 5) is 10.2. The van der Waals surface area contributed by atoms with Crippen LogP contribution in [0, 0.1) is 10.1 Å². The fraction of sp³-hybridized carbons (Fsp3) is 0.500. The number of nitrogens with zero attached hydrogens (tertiary/aromatic N) is 1. The Morgan fingerprint density at radius 2 is 1.63 bits per heavy atom. The summed E-state index contributed by atoms with van der Waals surface area (Å²) >= 11 is 0. The maximum atomic E-state index is 10.7. The predicted molar refractivity (Wildman–Crippen MR) is 67.5 cm³/mol. The normalized spacial score (nSPS) is 13.5. The number of aliphatic hydroxyl groups is 1. The van der Waals surface area contributed by atoms with E-state index in [4.69, 9.17) is 14.2 Å². The molecule has 0 aliphatic carbocycles. The van der Waals surface area contributed by atoms with E-state index in [2.05, 4.69) is 0 Å². The topological polar surface area (TPSA) is 91.1 Å². The Bertz CT molecular complexity index is 437.